The topological polar surface area (TPSA) is 105 Å². The number of nitrogens with zero attached hydrogens (tertiary/aromatic N) is 7. The Morgan fingerprint density at radius 2 is 0.986 bits per heavy atom. The van der Waals surface area contributed by atoms with E-state index in [1.54, 1.807) is 0 Å². The van der Waals surface area contributed by atoms with Crippen LogP contribution in [0.4, 0.5) is 17.1 Å². The van der Waals surface area contributed by atoms with E-state index in [2.05, 4.69) is 135 Å². The van der Waals surface area contributed by atoms with Crippen LogP contribution in [-0.2, 0) is 5.41 Å². The Morgan fingerprint density at radius 1 is 0.414 bits per heavy atom. The standard InChI is InChI=1S/C61H33N7O2/c62-33-36-22-26-49-42(29-36)43-30-37(34-63)23-27-50(43)66(49)38-24-25-44-57(32-38)70-56-21-9-18-53(68-51-16-5-7-19-54(51)69-55-20-8-6-17-52(55)68)58(56)61(44)45-13-10-28-64-59(45)60-46(61)31-39(35-65-60)67-47-14-3-1-11-40(47)41-12-2-4-15-48(41)67/h1-32,35H. The minimum absolute atomic E-state index is 0.545. The summed E-state index contributed by atoms with van der Waals surface area (Å²) in [7, 11) is 0. The van der Waals surface area contributed by atoms with Crippen LogP contribution in [0.25, 0.3) is 66.4 Å². The molecule has 0 fully saturated rings. The molecule has 6 heterocycles. The normalized spacial score (nSPS) is 14.8. The molecule has 324 valence electrons. The van der Waals surface area contributed by atoms with Crippen molar-refractivity contribution in [1.29, 1.82) is 10.5 Å². The number of para-hydroxylation sites is 6. The average molecular weight is 896 g/mol. The van der Waals surface area contributed by atoms with Gasteiger partial charge in [-0.15, -0.1) is 0 Å². The maximum absolute atomic E-state index is 9.97. The van der Waals surface area contributed by atoms with E-state index in [1.807, 2.05) is 91.3 Å². The van der Waals surface area contributed by atoms with Crippen molar-refractivity contribution in [3.63, 3.8) is 0 Å². The number of hydrogen-bond acceptors (Lipinski definition) is 7. The molecule has 70 heavy (non-hydrogen) atoms. The molecule has 0 bridgehead atoms. The summed E-state index contributed by atoms with van der Waals surface area (Å²) in [4.78, 5) is 12.9. The second-order valence-corrected chi connectivity index (χ2v) is 17.9. The highest BCUT2D eigenvalue weighted by molar-refractivity contribution is 6.11. The summed E-state index contributed by atoms with van der Waals surface area (Å²) >= 11 is 0. The number of pyridine rings is 2. The van der Waals surface area contributed by atoms with Crippen molar-refractivity contribution in [3.8, 4) is 57.9 Å². The minimum atomic E-state index is -1.02. The Hall–Kier alpha value is -9.96. The van der Waals surface area contributed by atoms with Crippen molar-refractivity contribution < 1.29 is 9.47 Å². The molecule has 12 aromatic rings. The number of aromatic nitrogens is 4. The molecule has 1 unspecified atom stereocenters. The highest BCUT2D eigenvalue weighted by Crippen LogP contribution is 2.65. The summed E-state index contributed by atoms with van der Waals surface area (Å²) in [6.07, 6.45) is 3.84. The van der Waals surface area contributed by atoms with Crippen LogP contribution in [0.3, 0.4) is 0 Å². The van der Waals surface area contributed by atoms with Crippen molar-refractivity contribution in [2.75, 3.05) is 4.90 Å². The number of nitriles is 2. The molecule has 9 nitrogen and oxygen atoms in total. The Labute approximate surface area is 400 Å². The van der Waals surface area contributed by atoms with Gasteiger partial charge in [0.1, 0.15) is 11.5 Å². The predicted octanol–water partition coefficient (Wildman–Crippen LogP) is 14.5. The van der Waals surface area contributed by atoms with Crippen LogP contribution in [-0.4, -0.2) is 19.1 Å². The van der Waals surface area contributed by atoms with E-state index >= 15 is 0 Å². The van der Waals surface area contributed by atoms with E-state index in [1.165, 1.54) is 0 Å². The molecule has 15 rings (SSSR count). The molecule has 1 aliphatic carbocycles. The van der Waals surface area contributed by atoms with Gasteiger partial charge in [-0.1, -0.05) is 78.9 Å². The zero-order chi connectivity index (χ0) is 46.2. The molecule has 0 saturated carbocycles. The SMILES string of the molecule is N#Cc1ccc2c(c1)c1cc(C#N)ccc1n2-c1ccc2c(c1)Oc1cccc(N3c4ccccc4Oc4ccccc43)c1C21c2cccnc2-c2ncc(-n3c4ccccc4c4ccccc43)cc21. The first-order valence-electron chi connectivity index (χ1n) is 23.1. The summed E-state index contributed by atoms with van der Waals surface area (Å²) in [5, 5.41) is 24.0. The molecule has 4 aromatic heterocycles. The van der Waals surface area contributed by atoms with Gasteiger partial charge in [0.15, 0.2) is 11.5 Å². The quantitative estimate of drug-likeness (QED) is 0.174. The number of ether oxygens (including phenoxy) is 2. The third-order valence-corrected chi connectivity index (χ3v) is 14.5. The first-order valence-corrected chi connectivity index (χ1v) is 23.1. The maximum atomic E-state index is 9.97. The zero-order valence-corrected chi connectivity index (χ0v) is 37.0. The average Bonchev–Trinajstić information content (AvgIpc) is 4.03. The summed E-state index contributed by atoms with van der Waals surface area (Å²) in [6.45, 7) is 0. The van der Waals surface area contributed by atoms with Gasteiger partial charge in [-0.25, -0.2) is 0 Å². The molecular formula is C61H33N7O2. The fourth-order valence-electron chi connectivity index (χ4n) is 11.7. The first-order chi connectivity index (χ1) is 34.6. The fourth-order valence-corrected chi connectivity index (χ4v) is 11.7. The highest BCUT2D eigenvalue weighted by Gasteiger charge is 2.55. The summed E-state index contributed by atoms with van der Waals surface area (Å²) < 4.78 is 18.5. The molecule has 2 aliphatic heterocycles. The fraction of sp³-hybridized carbons (Fsp3) is 0.0164. The van der Waals surface area contributed by atoms with Crippen LogP contribution in [0.1, 0.15) is 33.4 Å². The van der Waals surface area contributed by atoms with E-state index in [0.717, 1.165) is 117 Å². The highest BCUT2D eigenvalue weighted by atomic mass is 16.5. The molecule has 9 heteroatoms. The first kappa shape index (κ1) is 38.2. The molecule has 0 amide bonds. The van der Waals surface area contributed by atoms with Crippen LogP contribution < -0.4 is 14.4 Å². The Balaban J connectivity index is 1.06. The molecule has 1 atom stereocenters. The Morgan fingerprint density at radius 3 is 1.67 bits per heavy atom. The number of hydrogen-bond donors (Lipinski definition) is 0. The van der Waals surface area contributed by atoms with Crippen LogP contribution in [0.15, 0.2) is 200 Å². The van der Waals surface area contributed by atoms with Gasteiger partial charge in [0.2, 0.25) is 0 Å². The second kappa shape index (κ2) is 14.0. The van der Waals surface area contributed by atoms with Crippen LogP contribution >= 0.6 is 0 Å². The zero-order valence-electron chi connectivity index (χ0n) is 37.0. The van der Waals surface area contributed by atoms with Crippen molar-refractivity contribution in [2.24, 2.45) is 0 Å². The molecule has 1 spiro atoms. The largest absolute Gasteiger partial charge is 0.457 e. The van der Waals surface area contributed by atoms with Gasteiger partial charge in [-0.3, -0.25) is 9.97 Å². The summed E-state index contributed by atoms with van der Waals surface area (Å²) in [6, 6.07) is 68.8. The maximum Gasteiger partial charge on any atom is 0.151 e. The second-order valence-electron chi connectivity index (χ2n) is 17.9. The third-order valence-electron chi connectivity index (χ3n) is 14.5. The van der Waals surface area contributed by atoms with Crippen molar-refractivity contribution in [1.82, 2.24) is 19.1 Å². The lowest BCUT2D eigenvalue weighted by Gasteiger charge is -2.43. The molecule has 0 radical (unpaired) electrons. The van der Waals surface area contributed by atoms with E-state index in [0.29, 0.717) is 22.6 Å². The summed E-state index contributed by atoms with van der Waals surface area (Å²) in [5.41, 5.74) is 14.0. The van der Waals surface area contributed by atoms with Gasteiger partial charge in [-0.05, 0) is 109 Å². The molecule has 3 aliphatic rings. The molecular weight excluding hydrogens is 863 g/mol. The Kier molecular flexibility index (Phi) is 7.65. The van der Waals surface area contributed by atoms with E-state index in [-0.39, 0.29) is 0 Å². The van der Waals surface area contributed by atoms with Crippen molar-refractivity contribution >= 4 is 60.7 Å². The van der Waals surface area contributed by atoms with Gasteiger partial charge in [0.05, 0.1) is 91.1 Å². The monoisotopic (exact) mass is 895 g/mol. The minimum Gasteiger partial charge on any atom is -0.457 e. The molecule has 8 aromatic carbocycles. The molecule has 0 N–H and O–H groups in total. The van der Waals surface area contributed by atoms with Gasteiger partial charge in [0.25, 0.3) is 0 Å². The van der Waals surface area contributed by atoms with Crippen molar-refractivity contribution in [2.45, 2.75) is 5.41 Å². The lowest BCUT2D eigenvalue weighted by Crippen LogP contribution is -2.34. The predicted molar refractivity (Wildman–Crippen MR) is 272 cm³/mol. The number of anilines is 3. The third kappa shape index (κ3) is 4.96. The lowest BCUT2D eigenvalue weighted by atomic mass is 9.65. The van der Waals surface area contributed by atoms with Crippen LogP contribution in [0.2, 0.25) is 0 Å². The number of fused-ring (bicyclic) bond motifs is 17. The van der Waals surface area contributed by atoms with Crippen molar-refractivity contribution in [3.05, 3.63) is 234 Å². The van der Waals surface area contributed by atoms with E-state index < -0.39 is 5.41 Å². The summed E-state index contributed by atoms with van der Waals surface area (Å²) in [5.74, 6) is 2.85. The smallest absolute Gasteiger partial charge is 0.151 e. The van der Waals surface area contributed by atoms with Gasteiger partial charge in [0, 0.05) is 56.2 Å². The van der Waals surface area contributed by atoms with Gasteiger partial charge >= 0.3 is 0 Å². The Bertz CT molecular complexity index is 4210. The van der Waals surface area contributed by atoms with Crippen LogP contribution in [0, 0.1) is 22.7 Å². The number of benzene rings is 8. The van der Waals surface area contributed by atoms with E-state index in [4.69, 9.17) is 19.4 Å². The number of rotatable bonds is 3. The van der Waals surface area contributed by atoms with E-state index in [9.17, 15) is 10.5 Å². The van der Waals surface area contributed by atoms with Crippen LogP contribution in [0.5, 0.6) is 23.0 Å². The molecule has 0 saturated heterocycles. The van der Waals surface area contributed by atoms with Gasteiger partial charge < -0.3 is 23.5 Å². The van der Waals surface area contributed by atoms with Gasteiger partial charge in [-0.2, -0.15) is 10.5 Å². The lowest BCUT2D eigenvalue weighted by molar-refractivity contribution is 0.436.